The van der Waals surface area contributed by atoms with Crippen LogP contribution in [0.3, 0.4) is 0 Å². The van der Waals surface area contributed by atoms with Gasteiger partial charge in [-0.15, -0.1) is 0 Å². The van der Waals surface area contributed by atoms with E-state index < -0.39 is 38.4 Å². The number of likely N-dealkylation sites (N-methyl/N-ethyl adjacent to an activating group) is 1. The molecular weight excluding hydrogens is 753 g/mol. The second kappa shape index (κ2) is 34.0. The van der Waals surface area contributed by atoms with Crippen LogP contribution in [-0.2, 0) is 50.3 Å². The van der Waals surface area contributed by atoms with E-state index in [1.165, 1.54) is 70.5 Å². The average molecular weight is 830 g/mol. The predicted molar refractivity (Wildman–Crippen MR) is 220 cm³/mol. The summed E-state index contributed by atoms with van der Waals surface area (Å²) in [5.41, 5.74) is 0. The Morgan fingerprint density at radius 1 is 0.719 bits per heavy atom. The molecule has 2 heterocycles. The van der Waals surface area contributed by atoms with Gasteiger partial charge in [-0.3, -0.25) is 18.9 Å². The largest absolute Gasteiger partial charge is 0.756 e. The molecule has 330 valence electrons. The molecule has 0 aliphatic carbocycles. The summed E-state index contributed by atoms with van der Waals surface area (Å²) in [4.78, 5) is 47.0. The second-order valence-corrected chi connectivity index (χ2v) is 16.8. The topological polar surface area (TPSA) is 175 Å². The third-order valence-electron chi connectivity index (χ3n) is 8.94. The quantitative estimate of drug-likeness (QED) is 0.0306. The minimum absolute atomic E-state index is 0. The zero-order valence-corrected chi connectivity index (χ0v) is 35.7. The Morgan fingerprint density at radius 2 is 1.23 bits per heavy atom. The van der Waals surface area contributed by atoms with Crippen LogP contribution in [0, 0.1) is 0 Å². The maximum absolute atomic E-state index is 12.3. The average Bonchev–Trinajstić information content (AvgIpc) is 3.85. The lowest BCUT2D eigenvalue weighted by molar-refractivity contribution is -0.870. The first-order valence-corrected chi connectivity index (χ1v) is 22.3. The summed E-state index contributed by atoms with van der Waals surface area (Å²) in [6.07, 6.45) is 24.4. The lowest BCUT2D eigenvalue weighted by atomic mass is 10.0. The van der Waals surface area contributed by atoms with Crippen molar-refractivity contribution in [1.82, 2.24) is 0 Å². The number of carboxylic acids is 1. The van der Waals surface area contributed by atoms with Crippen molar-refractivity contribution in [1.29, 1.82) is 0 Å². The highest BCUT2D eigenvalue weighted by atomic mass is 31.2. The van der Waals surface area contributed by atoms with Gasteiger partial charge in [0, 0.05) is 19.3 Å². The first-order chi connectivity index (χ1) is 26.8. The second-order valence-electron chi connectivity index (χ2n) is 15.4. The Hall–Kier alpha value is -2.96. The van der Waals surface area contributed by atoms with Crippen LogP contribution in [0.25, 0.3) is 0 Å². The third-order valence-corrected chi connectivity index (χ3v) is 9.90. The van der Waals surface area contributed by atoms with Crippen molar-refractivity contribution >= 4 is 25.7 Å². The van der Waals surface area contributed by atoms with Gasteiger partial charge in [0.1, 0.15) is 37.7 Å². The number of phosphoric acid groups is 1. The minimum Gasteiger partial charge on any atom is -0.756 e. The molecule has 1 unspecified atom stereocenters. The number of phosphoric ester groups is 1. The Balaban J connectivity index is 0.00000163. The molecule has 13 nitrogen and oxygen atoms in total. The van der Waals surface area contributed by atoms with Crippen molar-refractivity contribution in [3.8, 4) is 0 Å². The number of carbonyl (C=O) groups excluding carboxylic acids is 2. The number of quaternary nitrogens is 1. The number of furan rings is 2. The number of unbranched alkanes of at least 4 members (excludes halogenated alkanes) is 16. The molecule has 0 saturated carbocycles. The van der Waals surface area contributed by atoms with Crippen molar-refractivity contribution in [2.24, 2.45) is 0 Å². The van der Waals surface area contributed by atoms with Crippen molar-refractivity contribution in [2.75, 3.05) is 47.5 Å². The van der Waals surface area contributed by atoms with Gasteiger partial charge in [0.15, 0.2) is 6.10 Å². The van der Waals surface area contributed by atoms with Crippen molar-refractivity contribution < 1.29 is 60.8 Å². The summed E-state index contributed by atoms with van der Waals surface area (Å²) in [6, 6.07) is 7.16. The Bertz CT molecular complexity index is 1290. The smallest absolute Gasteiger partial charge is 0.313 e. The van der Waals surface area contributed by atoms with Crippen molar-refractivity contribution in [3.05, 3.63) is 48.3 Å². The van der Waals surface area contributed by atoms with Crippen LogP contribution < -0.4 is 4.89 Å². The number of hydrogen-bond donors (Lipinski definition) is 1. The lowest BCUT2D eigenvalue weighted by Crippen LogP contribution is -2.37. The highest BCUT2D eigenvalue weighted by Gasteiger charge is 2.22. The highest BCUT2D eigenvalue weighted by molar-refractivity contribution is 7.45. The van der Waals surface area contributed by atoms with E-state index in [1.807, 2.05) is 33.3 Å². The number of hydrogen-bond acceptors (Lipinski definition) is 11. The molecule has 0 aromatic carbocycles. The van der Waals surface area contributed by atoms with Gasteiger partial charge in [-0.05, 0) is 43.5 Å². The number of aryl methyl sites for hydroxylation is 1. The fraction of sp³-hybridized carbons (Fsp3) is 0.744. The molecule has 0 fully saturated rings. The first kappa shape index (κ1) is 54.0. The number of ether oxygens (including phenoxy) is 2. The first-order valence-electron chi connectivity index (χ1n) is 20.8. The fourth-order valence-corrected chi connectivity index (χ4v) is 6.37. The zero-order chi connectivity index (χ0) is 41.3. The summed E-state index contributed by atoms with van der Waals surface area (Å²) < 4.78 is 43.5. The summed E-state index contributed by atoms with van der Waals surface area (Å²) in [5.74, 6) is -0.337. The predicted octanol–water partition coefficient (Wildman–Crippen LogP) is 9.85. The lowest BCUT2D eigenvalue weighted by Gasteiger charge is -2.28. The van der Waals surface area contributed by atoms with Gasteiger partial charge >= 0.3 is 17.9 Å². The van der Waals surface area contributed by atoms with E-state index in [4.69, 9.17) is 32.5 Å². The van der Waals surface area contributed by atoms with Crippen LogP contribution in [0.1, 0.15) is 154 Å². The SMILES string of the molecule is C.CCCCCCCCCCCCCCCC(=O)OC[C@H](COP(=O)([O-])OCC[N+](C)(C)C)OC(=O)Cc1ccco1.O=C(O)CCCCCCCc1ccco1. The van der Waals surface area contributed by atoms with Crippen LogP contribution in [0.4, 0.5) is 0 Å². The van der Waals surface area contributed by atoms with E-state index in [-0.39, 0.29) is 33.5 Å². The third kappa shape index (κ3) is 34.8. The number of esters is 2. The standard InChI is InChI=1S/C30H54NO9P.C12H18O3.CH4/c1-5-6-7-8-9-10-11-12-13-14-15-16-17-20-29(32)37-25-28(40-30(33)24-27-19-18-22-36-27)26-39-41(34,35)38-23-21-31(2,3)4;13-12(14)9-5-3-1-2-4-7-11-8-6-10-15-11;/h18-19,22,28H,5-17,20-21,23-26H2,1-4H3;6,8,10H,1-5,7,9H2,(H,13,14);1H4/t28-;;/m1../s1. The molecule has 0 aliphatic heterocycles. The number of nitrogens with zero attached hydrogens (tertiary/aromatic N) is 1. The Morgan fingerprint density at radius 3 is 1.74 bits per heavy atom. The molecule has 2 aromatic heterocycles. The van der Waals surface area contributed by atoms with Crippen LogP contribution >= 0.6 is 7.82 Å². The zero-order valence-electron chi connectivity index (χ0n) is 34.8. The normalized spacial score (nSPS) is 12.8. The Kier molecular flexibility index (Phi) is 32.2. The molecule has 57 heavy (non-hydrogen) atoms. The molecule has 1 N–H and O–H groups in total. The molecule has 2 aromatic rings. The van der Waals surface area contributed by atoms with Crippen LogP contribution in [0.5, 0.6) is 0 Å². The van der Waals surface area contributed by atoms with Crippen molar-refractivity contribution in [3.63, 3.8) is 0 Å². The fourth-order valence-electron chi connectivity index (χ4n) is 5.64. The van der Waals surface area contributed by atoms with Crippen LogP contribution in [0.2, 0.25) is 0 Å². The van der Waals surface area contributed by atoms with E-state index in [9.17, 15) is 23.8 Å². The minimum atomic E-state index is -4.63. The molecule has 2 rings (SSSR count). The highest BCUT2D eigenvalue weighted by Crippen LogP contribution is 2.38. The summed E-state index contributed by atoms with van der Waals surface area (Å²) >= 11 is 0. The van der Waals surface area contributed by atoms with Gasteiger partial charge in [-0.1, -0.05) is 111 Å². The van der Waals surface area contributed by atoms with Gasteiger partial charge in [0.25, 0.3) is 7.82 Å². The number of carboxylic acid groups (broad SMARTS) is 1. The number of rotatable bonds is 34. The molecule has 0 bridgehead atoms. The Labute approximate surface area is 343 Å². The van der Waals surface area contributed by atoms with Crippen LogP contribution in [-0.4, -0.2) is 81.1 Å². The van der Waals surface area contributed by atoms with Crippen molar-refractivity contribution in [2.45, 2.75) is 162 Å². The van der Waals surface area contributed by atoms with Gasteiger partial charge in [-0.2, -0.15) is 0 Å². The van der Waals surface area contributed by atoms with Gasteiger partial charge in [0.2, 0.25) is 0 Å². The molecular formula is C43H76NO12P. The molecule has 0 spiro atoms. The maximum Gasteiger partial charge on any atom is 0.313 e. The van der Waals surface area contributed by atoms with Gasteiger partial charge in [-0.25, -0.2) is 0 Å². The monoisotopic (exact) mass is 830 g/mol. The molecule has 0 amide bonds. The molecule has 0 aliphatic rings. The van der Waals surface area contributed by atoms with E-state index in [0.717, 1.165) is 57.1 Å². The molecule has 2 atom stereocenters. The maximum atomic E-state index is 12.3. The molecule has 0 saturated heterocycles. The summed E-state index contributed by atoms with van der Waals surface area (Å²) in [7, 11) is 1.08. The van der Waals surface area contributed by atoms with E-state index in [0.29, 0.717) is 29.6 Å². The van der Waals surface area contributed by atoms with Gasteiger partial charge in [0.05, 0.1) is 40.3 Å². The number of carbonyl (C=O) groups is 3. The summed E-state index contributed by atoms with van der Waals surface area (Å²) in [5, 5.41) is 8.43. The van der Waals surface area contributed by atoms with E-state index in [1.54, 1.807) is 18.4 Å². The van der Waals surface area contributed by atoms with Gasteiger partial charge < -0.3 is 41.8 Å². The van der Waals surface area contributed by atoms with Crippen LogP contribution in [0.15, 0.2) is 45.6 Å². The van der Waals surface area contributed by atoms with E-state index in [2.05, 4.69) is 6.92 Å². The van der Waals surface area contributed by atoms with E-state index >= 15 is 0 Å². The number of aliphatic carboxylic acids is 1. The molecule has 0 radical (unpaired) electrons. The summed E-state index contributed by atoms with van der Waals surface area (Å²) in [6.45, 7) is 1.79. The molecule has 14 heteroatoms.